The number of aromatic nitrogens is 2. The van der Waals surface area contributed by atoms with E-state index in [1.807, 2.05) is 0 Å². The monoisotopic (exact) mass is 694 g/mol. The highest BCUT2D eigenvalue weighted by atomic mass is 35.5. The van der Waals surface area contributed by atoms with Crippen LogP contribution in [-0.2, 0) is 26.1 Å². The molecule has 2 aromatic carbocycles. The summed E-state index contributed by atoms with van der Waals surface area (Å²) < 4.78 is 40.5. The molecular formula is C33H26ClF3N6O6. The Morgan fingerprint density at radius 2 is 1.80 bits per heavy atom. The van der Waals surface area contributed by atoms with Crippen molar-refractivity contribution in [1.29, 1.82) is 0 Å². The van der Waals surface area contributed by atoms with Crippen molar-refractivity contribution in [2.75, 3.05) is 23.3 Å². The van der Waals surface area contributed by atoms with Gasteiger partial charge in [-0.2, -0.15) is 18.3 Å². The van der Waals surface area contributed by atoms with E-state index in [2.05, 4.69) is 27.6 Å². The van der Waals surface area contributed by atoms with Crippen molar-refractivity contribution < 1.29 is 42.3 Å². The number of hydrogen-bond donors (Lipinski definition) is 3. The predicted molar refractivity (Wildman–Crippen MR) is 166 cm³/mol. The summed E-state index contributed by atoms with van der Waals surface area (Å²) in [5.74, 6) is 2.83. The molecular weight excluding hydrogens is 669 g/mol. The van der Waals surface area contributed by atoms with Gasteiger partial charge in [-0.3, -0.25) is 38.9 Å². The van der Waals surface area contributed by atoms with Crippen LogP contribution in [0.15, 0.2) is 48.8 Å². The van der Waals surface area contributed by atoms with E-state index < -0.39 is 58.5 Å². The van der Waals surface area contributed by atoms with Crippen molar-refractivity contribution >= 4 is 52.5 Å². The van der Waals surface area contributed by atoms with E-state index in [0.29, 0.717) is 24.1 Å². The molecule has 4 aliphatic rings. The molecule has 3 fully saturated rings. The van der Waals surface area contributed by atoms with Crippen molar-refractivity contribution in [3.63, 3.8) is 0 Å². The normalized spacial score (nSPS) is 20.9. The van der Waals surface area contributed by atoms with Crippen molar-refractivity contribution in [3.05, 3.63) is 76.1 Å². The molecule has 1 aliphatic carbocycles. The smallest absolute Gasteiger partial charge is 0.374 e. The lowest BCUT2D eigenvalue weighted by atomic mass is 9.76. The van der Waals surface area contributed by atoms with E-state index in [9.17, 15) is 42.3 Å². The number of hydrogen-bond acceptors (Lipinski definition) is 8. The van der Waals surface area contributed by atoms with Crippen LogP contribution in [0.25, 0.3) is 0 Å². The zero-order valence-electron chi connectivity index (χ0n) is 25.4. The van der Waals surface area contributed by atoms with Crippen LogP contribution in [0.2, 0.25) is 5.02 Å². The second kappa shape index (κ2) is 11.5. The Balaban J connectivity index is 1.01. The first-order valence-electron chi connectivity index (χ1n) is 15.3. The summed E-state index contributed by atoms with van der Waals surface area (Å²) in [7, 11) is 0. The van der Waals surface area contributed by atoms with Crippen LogP contribution in [0.1, 0.15) is 63.9 Å². The predicted octanol–water partition coefficient (Wildman–Crippen LogP) is 3.08. The summed E-state index contributed by atoms with van der Waals surface area (Å²) in [5.41, 5.74) is -2.13. The molecule has 5 amide bonds. The SMILES string of the molecule is O=C1CCC(N2C(=O)c3ccc(N4CC(O)(C#Cc5cnn(C6(C(=O)Nc7ccc(C(F)(F)F)cc7Cl)CCC6)c5)C4)cc3C2=O)C(=O)N1. The van der Waals surface area contributed by atoms with Gasteiger partial charge in [0, 0.05) is 18.3 Å². The molecule has 12 nitrogen and oxygen atoms in total. The first-order chi connectivity index (χ1) is 23.2. The second-order valence-electron chi connectivity index (χ2n) is 12.5. The zero-order valence-corrected chi connectivity index (χ0v) is 26.2. The number of carbonyl (C=O) groups excluding carboxylic acids is 5. The molecule has 0 bridgehead atoms. The molecule has 16 heteroatoms. The molecule has 3 aliphatic heterocycles. The van der Waals surface area contributed by atoms with E-state index in [1.54, 1.807) is 17.2 Å². The number of nitrogens with zero attached hydrogens (tertiary/aromatic N) is 4. The maximum atomic E-state index is 13.3. The maximum absolute atomic E-state index is 13.3. The Morgan fingerprint density at radius 1 is 1.06 bits per heavy atom. The van der Waals surface area contributed by atoms with Crippen LogP contribution < -0.4 is 15.5 Å². The van der Waals surface area contributed by atoms with E-state index in [1.165, 1.54) is 23.0 Å². The lowest BCUT2D eigenvalue weighted by Crippen LogP contribution is -2.61. The molecule has 7 rings (SSSR count). The standard InChI is InChI=1S/C33H26ClF3N6O6/c34-23-12-19(33(35,36)37)2-5-24(23)39-30(48)32(9-1-10-32)42-15-18(14-38-42)8-11-31(49)16-41(17-31)20-3-4-21-22(13-20)29(47)43(28(21)46)25-6-7-26(44)40-27(25)45/h2-5,12-15,25,49H,1,6-7,9-10,16-17H2,(H,39,48)(H,40,44,45). The van der Waals surface area contributed by atoms with E-state index in [0.717, 1.165) is 29.5 Å². The molecule has 49 heavy (non-hydrogen) atoms. The molecule has 1 unspecified atom stereocenters. The van der Waals surface area contributed by atoms with Crippen LogP contribution in [0.3, 0.4) is 0 Å². The minimum atomic E-state index is -4.58. The number of benzene rings is 2. The summed E-state index contributed by atoms with van der Waals surface area (Å²) in [4.78, 5) is 66.0. The molecule has 1 saturated carbocycles. The average Bonchev–Trinajstić information content (AvgIpc) is 3.57. The third-order valence-electron chi connectivity index (χ3n) is 9.30. The number of aliphatic hydroxyl groups is 1. The number of halogens is 4. The van der Waals surface area contributed by atoms with Gasteiger partial charge < -0.3 is 15.3 Å². The Labute approximate surface area is 281 Å². The molecule has 0 spiro atoms. The Kier molecular flexibility index (Phi) is 7.56. The fourth-order valence-electron chi connectivity index (χ4n) is 6.42. The van der Waals surface area contributed by atoms with Gasteiger partial charge in [-0.05, 0) is 62.1 Å². The molecule has 2 saturated heterocycles. The topological polar surface area (TPSA) is 154 Å². The summed E-state index contributed by atoms with van der Waals surface area (Å²) in [6.45, 7) is 0.179. The number of imide groups is 2. The van der Waals surface area contributed by atoms with Gasteiger partial charge in [0.15, 0.2) is 5.60 Å². The van der Waals surface area contributed by atoms with Gasteiger partial charge in [-0.25, -0.2) is 0 Å². The summed E-state index contributed by atoms with van der Waals surface area (Å²) in [6.07, 6.45) is 0.0926. The first-order valence-corrected chi connectivity index (χ1v) is 15.6. The van der Waals surface area contributed by atoms with Gasteiger partial charge in [-0.1, -0.05) is 23.4 Å². The Morgan fingerprint density at radius 3 is 2.45 bits per heavy atom. The minimum absolute atomic E-state index is 0.0145. The molecule has 1 atom stereocenters. The fourth-order valence-corrected chi connectivity index (χ4v) is 6.64. The first kappa shape index (κ1) is 32.4. The number of amides is 5. The van der Waals surface area contributed by atoms with Crippen LogP contribution in [-0.4, -0.2) is 74.1 Å². The largest absolute Gasteiger partial charge is 0.416 e. The lowest BCUT2D eigenvalue weighted by molar-refractivity contribution is -0.138. The number of β-amino-alcohol motifs (C(OH)–C–C–N with tert-alkyl or cyclic N) is 1. The quantitative estimate of drug-likeness (QED) is 0.272. The lowest BCUT2D eigenvalue weighted by Gasteiger charge is -2.44. The molecule has 3 N–H and O–H groups in total. The number of carbonyl (C=O) groups is 5. The third-order valence-corrected chi connectivity index (χ3v) is 9.61. The number of alkyl halides is 3. The molecule has 1 aromatic heterocycles. The van der Waals surface area contributed by atoms with E-state index in [-0.39, 0.29) is 47.8 Å². The molecule has 4 heterocycles. The van der Waals surface area contributed by atoms with Crippen molar-refractivity contribution in [3.8, 4) is 11.8 Å². The Bertz CT molecular complexity index is 2020. The summed E-state index contributed by atoms with van der Waals surface area (Å²) in [6, 6.07) is 6.27. The average molecular weight is 695 g/mol. The van der Waals surface area contributed by atoms with Gasteiger partial charge in [0.25, 0.3) is 17.7 Å². The van der Waals surface area contributed by atoms with Gasteiger partial charge in [0.05, 0.1) is 52.3 Å². The highest BCUT2D eigenvalue weighted by Gasteiger charge is 2.48. The van der Waals surface area contributed by atoms with Gasteiger partial charge in [0.1, 0.15) is 11.6 Å². The highest BCUT2D eigenvalue weighted by molar-refractivity contribution is 6.33. The van der Waals surface area contributed by atoms with Gasteiger partial charge in [-0.15, -0.1) is 0 Å². The highest BCUT2D eigenvalue weighted by Crippen LogP contribution is 2.41. The van der Waals surface area contributed by atoms with E-state index >= 15 is 0 Å². The van der Waals surface area contributed by atoms with Crippen molar-refractivity contribution in [2.24, 2.45) is 0 Å². The summed E-state index contributed by atoms with van der Waals surface area (Å²) >= 11 is 6.04. The van der Waals surface area contributed by atoms with Crippen LogP contribution in [0.4, 0.5) is 24.5 Å². The van der Waals surface area contributed by atoms with Crippen LogP contribution in [0, 0.1) is 11.8 Å². The summed E-state index contributed by atoms with van der Waals surface area (Å²) in [5, 5.41) is 19.9. The van der Waals surface area contributed by atoms with Gasteiger partial charge in [0.2, 0.25) is 11.8 Å². The van der Waals surface area contributed by atoms with Crippen molar-refractivity contribution in [1.82, 2.24) is 20.0 Å². The number of anilines is 2. The maximum Gasteiger partial charge on any atom is 0.416 e. The van der Waals surface area contributed by atoms with E-state index in [4.69, 9.17) is 11.6 Å². The molecule has 252 valence electrons. The number of nitrogens with one attached hydrogen (secondary N) is 2. The third kappa shape index (κ3) is 5.60. The molecule has 0 radical (unpaired) electrons. The van der Waals surface area contributed by atoms with Crippen LogP contribution >= 0.6 is 11.6 Å². The molecule has 3 aromatic rings. The number of piperidine rings is 1. The van der Waals surface area contributed by atoms with Crippen molar-refractivity contribution in [2.45, 2.75) is 55.5 Å². The van der Waals surface area contributed by atoms with Crippen LogP contribution in [0.5, 0.6) is 0 Å². The minimum Gasteiger partial charge on any atom is -0.374 e. The Hall–Kier alpha value is -5.20. The second-order valence-corrected chi connectivity index (χ2v) is 12.9. The fraction of sp³-hybridized carbons (Fsp3) is 0.333. The number of fused-ring (bicyclic) bond motifs is 1. The number of rotatable bonds is 5. The van der Waals surface area contributed by atoms with Gasteiger partial charge >= 0.3 is 6.18 Å². The zero-order chi connectivity index (χ0) is 34.9.